The molecule has 0 saturated carbocycles. The molecule has 2 aromatic carbocycles. The average molecular weight is 393 g/mol. The van der Waals surface area contributed by atoms with E-state index in [0.29, 0.717) is 22.1 Å². The van der Waals surface area contributed by atoms with E-state index >= 15 is 0 Å². The topological polar surface area (TPSA) is 71.5 Å². The number of aryl methyl sites for hydroxylation is 1. The molecular formula is C21H19N3O3S. The number of ether oxygens (including phenoxy) is 1. The summed E-state index contributed by atoms with van der Waals surface area (Å²) < 4.78 is 5.65. The average Bonchev–Trinajstić information content (AvgIpc) is 3.15. The number of hydrogen-bond donors (Lipinski definition) is 1. The van der Waals surface area contributed by atoms with Crippen LogP contribution < -0.4 is 15.0 Å². The van der Waals surface area contributed by atoms with E-state index in [-0.39, 0.29) is 11.8 Å². The highest BCUT2D eigenvalue weighted by atomic mass is 32.1. The van der Waals surface area contributed by atoms with Crippen LogP contribution in [0.25, 0.3) is 11.3 Å². The minimum atomic E-state index is -0.494. The number of fused-ring (bicyclic) bond motifs is 1. The zero-order valence-corrected chi connectivity index (χ0v) is 16.5. The Labute approximate surface area is 166 Å². The van der Waals surface area contributed by atoms with Gasteiger partial charge in [0.25, 0.3) is 11.8 Å². The summed E-state index contributed by atoms with van der Waals surface area (Å²) in [6, 6.07) is 13.0. The molecule has 1 aromatic heterocycles. The Morgan fingerprint density at radius 3 is 2.71 bits per heavy atom. The van der Waals surface area contributed by atoms with Gasteiger partial charge in [0.15, 0.2) is 11.2 Å². The molecule has 4 rings (SSSR count). The van der Waals surface area contributed by atoms with Gasteiger partial charge in [-0.25, -0.2) is 4.98 Å². The van der Waals surface area contributed by atoms with Gasteiger partial charge >= 0.3 is 0 Å². The molecule has 1 unspecified atom stereocenters. The van der Waals surface area contributed by atoms with Crippen molar-refractivity contribution in [2.45, 2.75) is 20.0 Å². The number of carbonyl (C=O) groups excluding carboxylic acids is 2. The third kappa shape index (κ3) is 3.36. The van der Waals surface area contributed by atoms with E-state index in [1.807, 2.05) is 42.6 Å². The highest BCUT2D eigenvalue weighted by molar-refractivity contribution is 7.14. The Bertz CT molecular complexity index is 1060. The van der Waals surface area contributed by atoms with Gasteiger partial charge in [-0.2, -0.15) is 0 Å². The zero-order chi connectivity index (χ0) is 19.8. The van der Waals surface area contributed by atoms with Crippen LogP contribution in [0.4, 0.5) is 10.8 Å². The summed E-state index contributed by atoms with van der Waals surface area (Å²) in [5, 5.41) is 5.23. The number of nitrogens with zero attached hydrogens (tertiary/aromatic N) is 2. The summed E-state index contributed by atoms with van der Waals surface area (Å²) >= 11 is 1.35. The molecule has 6 nitrogen and oxygen atoms in total. The SMILES string of the molecule is Cc1ccc(C(=O)Nc2nc(-c3ccc4c(c3)N(C)C(=O)C(C)O4)cs2)cc1. The Kier molecular flexibility index (Phi) is 4.60. The maximum absolute atomic E-state index is 12.4. The number of hydrogen-bond acceptors (Lipinski definition) is 5. The van der Waals surface area contributed by atoms with Crippen molar-refractivity contribution in [2.75, 3.05) is 17.3 Å². The fraction of sp³-hybridized carbons (Fsp3) is 0.190. The molecule has 1 N–H and O–H groups in total. The van der Waals surface area contributed by atoms with E-state index < -0.39 is 6.10 Å². The van der Waals surface area contributed by atoms with E-state index in [9.17, 15) is 9.59 Å². The number of carbonyl (C=O) groups is 2. The third-order valence-corrected chi connectivity index (χ3v) is 5.39. The summed E-state index contributed by atoms with van der Waals surface area (Å²) in [4.78, 5) is 30.6. The highest BCUT2D eigenvalue weighted by Gasteiger charge is 2.29. The minimum Gasteiger partial charge on any atom is -0.479 e. The van der Waals surface area contributed by atoms with Crippen molar-refractivity contribution in [3.05, 3.63) is 59.0 Å². The van der Waals surface area contributed by atoms with Crippen LogP contribution in [0.1, 0.15) is 22.8 Å². The van der Waals surface area contributed by atoms with E-state index in [0.717, 1.165) is 16.8 Å². The Morgan fingerprint density at radius 1 is 1.21 bits per heavy atom. The van der Waals surface area contributed by atoms with Gasteiger partial charge in [-0.1, -0.05) is 17.7 Å². The van der Waals surface area contributed by atoms with Gasteiger partial charge in [0.1, 0.15) is 5.75 Å². The van der Waals surface area contributed by atoms with Gasteiger partial charge in [0.2, 0.25) is 0 Å². The predicted octanol–water partition coefficient (Wildman–Crippen LogP) is 4.11. The Hall–Kier alpha value is -3.19. The molecule has 0 saturated heterocycles. The summed E-state index contributed by atoms with van der Waals surface area (Å²) in [6.45, 7) is 3.71. The van der Waals surface area contributed by atoms with Gasteiger partial charge in [-0.05, 0) is 44.2 Å². The van der Waals surface area contributed by atoms with E-state index in [4.69, 9.17) is 4.74 Å². The molecule has 0 aliphatic carbocycles. The zero-order valence-electron chi connectivity index (χ0n) is 15.7. The van der Waals surface area contributed by atoms with Crippen LogP contribution >= 0.6 is 11.3 Å². The molecule has 7 heteroatoms. The van der Waals surface area contributed by atoms with Gasteiger partial charge < -0.3 is 9.64 Å². The first kappa shape index (κ1) is 18.2. The van der Waals surface area contributed by atoms with Gasteiger partial charge in [0.05, 0.1) is 11.4 Å². The van der Waals surface area contributed by atoms with Crippen molar-refractivity contribution in [3.63, 3.8) is 0 Å². The fourth-order valence-electron chi connectivity index (χ4n) is 3.01. The van der Waals surface area contributed by atoms with Crippen LogP contribution in [-0.2, 0) is 4.79 Å². The number of aromatic nitrogens is 1. The molecule has 0 spiro atoms. The van der Waals surface area contributed by atoms with E-state index in [2.05, 4.69) is 10.3 Å². The molecule has 142 valence electrons. The quantitative estimate of drug-likeness (QED) is 0.727. The maximum atomic E-state index is 12.4. The van der Waals surface area contributed by atoms with Crippen LogP contribution in [0.15, 0.2) is 47.8 Å². The van der Waals surface area contributed by atoms with Crippen LogP contribution in [0.5, 0.6) is 5.75 Å². The lowest BCUT2D eigenvalue weighted by Crippen LogP contribution is -2.41. The second kappa shape index (κ2) is 7.09. The lowest BCUT2D eigenvalue weighted by atomic mass is 10.1. The molecule has 0 bridgehead atoms. The van der Waals surface area contributed by atoms with Crippen molar-refractivity contribution >= 4 is 34.0 Å². The summed E-state index contributed by atoms with van der Waals surface area (Å²) in [7, 11) is 1.73. The molecule has 28 heavy (non-hydrogen) atoms. The lowest BCUT2D eigenvalue weighted by molar-refractivity contribution is -0.125. The molecule has 1 aliphatic rings. The predicted molar refractivity (Wildman–Crippen MR) is 110 cm³/mol. The molecule has 3 aromatic rings. The minimum absolute atomic E-state index is 0.0889. The molecule has 1 aliphatic heterocycles. The van der Waals surface area contributed by atoms with Crippen molar-refractivity contribution in [1.29, 1.82) is 0 Å². The lowest BCUT2D eigenvalue weighted by Gasteiger charge is -2.30. The van der Waals surface area contributed by atoms with E-state index in [1.165, 1.54) is 11.3 Å². The van der Waals surface area contributed by atoms with Crippen LogP contribution in [-0.4, -0.2) is 29.9 Å². The van der Waals surface area contributed by atoms with Gasteiger partial charge in [-0.3, -0.25) is 14.9 Å². The normalized spacial score (nSPS) is 15.8. The van der Waals surface area contributed by atoms with E-state index in [1.54, 1.807) is 31.0 Å². The standard InChI is InChI=1S/C21H19N3O3S/c1-12-4-6-14(7-5-12)19(25)23-21-22-16(11-28-21)15-8-9-18-17(10-15)24(3)20(26)13(2)27-18/h4-11,13H,1-3H3,(H,22,23,25). The second-order valence-corrected chi connectivity index (χ2v) is 7.56. The number of benzene rings is 2. The van der Waals surface area contributed by atoms with Crippen molar-refractivity contribution < 1.29 is 14.3 Å². The summed E-state index contributed by atoms with van der Waals surface area (Å²) in [6.07, 6.45) is -0.494. The maximum Gasteiger partial charge on any atom is 0.267 e. The van der Waals surface area contributed by atoms with Crippen LogP contribution in [0.3, 0.4) is 0 Å². The molecule has 1 atom stereocenters. The molecule has 0 fully saturated rings. The fourth-order valence-corrected chi connectivity index (χ4v) is 3.72. The first-order valence-electron chi connectivity index (χ1n) is 8.84. The molecule has 2 amide bonds. The number of anilines is 2. The molecule has 2 heterocycles. The van der Waals surface area contributed by atoms with Crippen molar-refractivity contribution in [1.82, 2.24) is 4.98 Å². The number of likely N-dealkylation sites (N-methyl/N-ethyl adjacent to an activating group) is 1. The number of rotatable bonds is 3. The number of thiazole rings is 1. The van der Waals surface area contributed by atoms with Gasteiger partial charge in [-0.15, -0.1) is 11.3 Å². The number of nitrogens with one attached hydrogen (secondary N) is 1. The molecule has 0 radical (unpaired) electrons. The monoisotopic (exact) mass is 393 g/mol. The summed E-state index contributed by atoms with van der Waals surface area (Å²) in [5.74, 6) is 0.384. The third-order valence-electron chi connectivity index (χ3n) is 4.64. The smallest absolute Gasteiger partial charge is 0.267 e. The Balaban J connectivity index is 1.55. The van der Waals surface area contributed by atoms with Gasteiger partial charge in [0, 0.05) is 23.6 Å². The largest absolute Gasteiger partial charge is 0.479 e. The Morgan fingerprint density at radius 2 is 1.96 bits per heavy atom. The second-order valence-electron chi connectivity index (χ2n) is 6.70. The number of amides is 2. The molecular weight excluding hydrogens is 374 g/mol. The first-order valence-corrected chi connectivity index (χ1v) is 9.72. The summed E-state index contributed by atoms with van der Waals surface area (Å²) in [5.41, 5.74) is 3.97. The van der Waals surface area contributed by atoms with Crippen LogP contribution in [0.2, 0.25) is 0 Å². The first-order chi connectivity index (χ1) is 13.4. The van der Waals surface area contributed by atoms with Crippen LogP contribution in [0, 0.1) is 6.92 Å². The van der Waals surface area contributed by atoms with Crippen molar-refractivity contribution in [3.8, 4) is 17.0 Å². The highest BCUT2D eigenvalue weighted by Crippen LogP contribution is 2.37. The van der Waals surface area contributed by atoms with Crippen molar-refractivity contribution in [2.24, 2.45) is 0 Å².